The number of hydrogen-bond donors (Lipinski definition) is 1. The largest absolute Gasteiger partial charge is 0.480 e. The SMILES string of the molecule is Cc1cnn(CC2CCN(C(C)C(=O)O)CC2)c1. The first-order valence-electron chi connectivity index (χ1n) is 6.52. The number of aromatic nitrogens is 2. The van der Waals surface area contributed by atoms with Crippen LogP contribution >= 0.6 is 0 Å². The molecule has 1 aliphatic rings. The highest BCUT2D eigenvalue weighted by atomic mass is 16.4. The minimum atomic E-state index is -0.726. The average molecular weight is 251 g/mol. The Morgan fingerprint density at radius 2 is 2.22 bits per heavy atom. The van der Waals surface area contributed by atoms with Gasteiger partial charge >= 0.3 is 5.97 Å². The van der Waals surface area contributed by atoms with E-state index < -0.39 is 5.97 Å². The van der Waals surface area contributed by atoms with Crippen molar-refractivity contribution in [3.63, 3.8) is 0 Å². The molecule has 1 unspecified atom stereocenters. The first-order valence-corrected chi connectivity index (χ1v) is 6.52. The van der Waals surface area contributed by atoms with Gasteiger partial charge in [0.05, 0.1) is 6.20 Å². The fourth-order valence-electron chi connectivity index (χ4n) is 2.51. The van der Waals surface area contributed by atoms with Gasteiger partial charge in [-0.2, -0.15) is 5.10 Å². The first kappa shape index (κ1) is 13.1. The molecule has 0 saturated carbocycles. The number of aliphatic carboxylic acids is 1. The number of nitrogens with zero attached hydrogens (tertiary/aromatic N) is 3. The molecule has 0 amide bonds. The van der Waals surface area contributed by atoms with Crippen LogP contribution in [0.5, 0.6) is 0 Å². The van der Waals surface area contributed by atoms with Crippen LogP contribution in [0.15, 0.2) is 12.4 Å². The van der Waals surface area contributed by atoms with Gasteiger partial charge in [0.25, 0.3) is 0 Å². The Morgan fingerprint density at radius 3 is 2.72 bits per heavy atom. The Labute approximate surface area is 107 Å². The van der Waals surface area contributed by atoms with Gasteiger partial charge in [-0.05, 0) is 51.3 Å². The molecule has 5 nitrogen and oxygen atoms in total. The number of rotatable bonds is 4. The van der Waals surface area contributed by atoms with E-state index in [-0.39, 0.29) is 6.04 Å². The third kappa shape index (κ3) is 3.10. The van der Waals surface area contributed by atoms with Gasteiger partial charge < -0.3 is 5.11 Å². The van der Waals surface area contributed by atoms with Crippen molar-refractivity contribution in [1.82, 2.24) is 14.7 Å². The normalized spacial score (nSPS) is 19.9. The molecule has 1 aromatic rings. The van der Waals surface area contributed by atoms with Crippen molar-refractivity contribution in [2.75, 3.05) is 13.1 Å². The van der Waals surface area contributed by atoms with E-state index in [9.17, 15) is 4.79 Å². The van der Waals surface area contributed by atoms with E-state index in [1.165, 1.54) is 5.56 Å². The molecule has 100 valence electrons. The van der Waals surface area contributed by atoms with E-state index in [0.717, 1.165) is 32.5 Å². The molecule has 1 fully saturated rings. The second-order valence-corrected chi connectivity index (χ2v) is 5.23. The quantitative estimate of drug-likeness (QED) is 0.878. The van der Waals surface area contributed by atoms with E-state index in [0.29, 0.717) is 5.92 Å². The number of carbonyl (C=O) groups is 1. The molecule has 2 rings (SSSR count). The zero-order valence-electron chi connectivity index (χ0n) is 11.0. The Bertz CT molecular complexity index is 408. The summed E-state index contributed by atoms with van der Waals surface area (Å²) in [6.07, 6.45) is 6.04. The molecule has 0 radical (unpaired) electrons. The van der Waals surface area contributed by atoms with Crippen LogP contribution in [-0.2, 0) is 11.3 Å². The van der Waals surface area contributed by atoms with Crippen LogP contribution in [0, 0.1) is 12.8 Å². The van der Waals surface area contributed by atoms with E-state index >= 15 is 0 Å². The summed E-state index contributed by atoms with van der Waals surface area (Å²) in [7, 11) is 0. The summed E-state index contributed by atoms with van der Waals surface area (Å²) in [6.45, 7) is 6.50. The molecule has 18 heavy (non-hydrogen) atoms. The van der Waals surface area contributed by atoms with Crippen molar-refractivity contribution in [1.29, 1.82) is 0 Å². The zero-order valence-corrected chi connectivity index (χ0v) is 11.0. The molecule has 0 bridgehead atoms. The Hall–Kier alpha value is -1.36. The summed E-state index contributed by atoms with van der Waals surface area (Å²) in [4.78, 5) is 13.0. The predicted molar refractivity (Wildman–Crippen MR) is 68.4 cm³/mol. The van der Waals surface area contributed by atoms with E-state index in [1.807, 2.05) is 22.7 Å². The highest BCUT2D eigenvalue weighted by Gasteiger charge is 2.26. The maximum absolute atomic E-state index is 10.9. The Balaban J connectivity index is 1.81. The molecule has 1 aliphatic heterocycles. The number of carboxylic acid groups (broad SMARTS) is 1. The first-order chi connectivity index (χ1) is 8.56. The van der Waals surface area contributed by atoms with Gasteiger partial charge in [0.1, 0.15) is 6.04 Å². The minimum absolute atomic E-state index is 0.363. The Morgan fingerprint density at radius 1 is 1.56 bits per heavy atom. The molecule has 1 N–H and O–H groups in total. The molecule has 2 heterocycles. The molecule has 0 spiro atoms. The van der Waals surface area contributed by atoms with Crippen LogP contribution < -0.4 is 0 Å². The number of piperidine rings is 1. The topological polar surface area (TPSA) is 58.4 Å². The van der Waals surface area contributed by atoms with Gasteiger partial charge in [-0.25, -0.2) is 0 Å². The van der Waals surface area contributed by atoms with Gasteiger partial charge in [0.15, 0.2) is 0 Å². The average Bonchev–Trinajstić information content (AvgIpc) is 2.75. The second-order valence-electron chi connectivity index (χ2n) is 5.23. The lowest BCUT2D eigenvalue weighted by atomic mass is 9.96. The number of hydrogen-bond acceptors (Lipinski definition) is 3. The summed E-state index contributed by atoms with van der Waals surface area (Å²) in [5, 5.41) is 13.3. The lowest BCUT2D eigenvalue weighted by Crippen LogP contribution is -2.44. The Kier molecular flexibility index (Phi) is 4.01. The van der Waals surface area contributed by atoms with Crippen LogP contribution in [-0.4, -0.2) is 44.9 Å². The lowest BCUT2D eigenvalue weighted by molar-refractivity contribution is -0.143. The third-order valence-electron chi connectivity index (χ3n) is 3.76. The molecular formula is C13H21N3O2. The number of carboxylic acids is 1. The van der Waals surface area contributed by atoms with Gasteiger partial charge in [0.2, 0.25) is 0 Å². The molecule has 1 saturated heterocycles. The molecule has 5 heteroatoms. The maximum Gasteiger partial charge on any atom is 0.320 e. The zero-order chi connectivity index (χ0) is 13.1. The summed E-state index contributed by atoms with van der Waals surface area (Å²) >= 11 is 0. The van der Waals surface area contributed by atoms with Crippen molar-refractivity contribution >= 4 is 5.97 Å². The summed E-state index contributed by atoms with van der Waals surface area (Å²) in [5.74, 6) is -0.113. The number of aryl methyl sites for hydroxylation is 1. The van der Waals surface area contributed by atoms with Crippen LogP contribution in [0.3, 0.4) is 0 Å². The smallest absolute Gasteiger partial charge is 0.320 e. The lowest BCUT2D eigenvalue weighted by Gasteiger charge is -2.34. The summed E-state index contributed by atoms with van der Waals surface area (Å²) < 4.78 is 2.00. The van der Waals surface area contributed by atoms with E-state index in [4.69, 9.17) is 5.11 Å². The fourth-order valence-corrected chi connectivity index (χ4v) is 2.51. The molecular weight excluding hydrogens is 230 g/mol. The summed E-state index contributed by atoms with van der Waals surface area (Å²) in [5.41, 5.74) is 1.19. The fraction of sp³-hybridized carbons (Fsp3) is 0.692. The molecule has 0 aliphatic carbocycles. The molecule has 1 atom stereocenters. The van der Waals surface area contributed by atoms with Crippen molar-refractivity contribution in [2.24, 2.45) is 5.92 Å². The van der Waals surface area contributed by atoms with Crippen molar-refractivity contribution in [3.8, 4) is 0 Å². The highest BCUT2D eigenvalue weighted by Crippen LogP contribution is 2.20. The van der Waals surface area contributed by atoms with Crippen LogP contribution in [0.1, 0.15) is 25.3 Å². The van der Waals surface area contributed by atoms with Crippen LogP contribution in [0.4, 0.5) is 0 Å². The van der Waals surface area contributed by atoms with Crippen molar-refractivity contribution in [3.05, 3.63) is 18.0 Å². The van der Waals surface area contributed by atoms with Gasteiger partial charge in [-0.15, -0.1) is 0 Å². The predicted octanol–water partition coefficient (Wildman–Crippen LogP) is 1.38. The third-order valence-corrected chi connectivity index (χ3v) is 3.76. The van der Waals surface area contributed by atoms with E-state index in [1.54, 1.807) is 6.92 Å². The van der Waals surface area contributed by atoms with E-state index in [2.05, 4.69) is 11.3 Å². The molecule has 1 aromatic heterocycles. The highest BCUT2D eigenvalue weighted by molar-refractivity contribution is 5.72. The van der Waals surface area contributed by atoms with Gasteiger partial charge in [-0.1, -0.05) is 0 Å². The van der Waals surface area contributed by atoms with Crippen molar-refractivity contribution < 1.29 is 9.90 Å². The number of likely N-dealkylation sites (tertiary alicyclic amines) is 1. The van der Waals surface area contributed by atoms with Crippen LogP contribution in [0.2, 0.25) is 0 Å². The van der Waals surface area contributed by atoms with Crippen molar-refractivity contribution in [2.45, 2.75) is 39.3 Å². The summed E-state index contributed by atoms with van der Waals surface area (Å²) in [6, 6.07) is -0.363. The maximum atomic E-state index is 10.9. The van der Waals surface area contributed by atoms with Gasteiger partial charge in [-0.3, -0.25) is 14.4 Å². The van der Waals surface area contributed by atoms with Crippen LogP contribution in [0.25, 0.3) is 0 Å². The minimum Gasteiger partial charge on any atom is -0.480 e. The second kappa shape index (κ2) is 5.52. The monoisotopic (exact) mass is 251 g/mol. The molecule has 0 aromatic carbocycles. The standard InChI is InChI=1S/C13H21N3O2/c1-10-7-14-16(8-10)9-12-3-5-15(6-4-12)11(2)13(17)18/h7-8,11-12H,3-6,9H2,1-2H3,(H,17,18). The van der Waals surface area contributed by atoms with Gasteiger partial charge in [0, 0.05) is 12.7 Å².